The zero-order chi connectivity index (χ0) is 13.0. The lowest BCUT2D eigenvalue weighted by Crippen LogP contribution is -2.25. The van der Waals surface area contributed by atoms with Gasteiger partial charge in [-0.1, -0.05) is 23.2 Å². The van der Waals surface area contributed by atoms with E-state index in [9.17, 15) is 4.79 Å². The first-order valence-corrected chi connectivity index (χ1v) is 6.01. The van der Waals surface area contributed by atoms with Gasteiger partial charge in [-0.15, -0.1) is 0 Å². The molecule has 1 aromatic rings. The first-order chi connectivity index (χ1) is 7.93. The molecule has 0 aliphatic heterocycles. The van der Waals surface area contributed by atoms with Crippen LogP contribution in [0, 0.1) is 13.8 Å². The topological polar surface area (TPSA) is 38.3 Å². The van der Waals surface area contributed by atoms with E-state index < -0.39 is 0 Å². The summed E-state index contributed by atoms with van der Waals surface area (Å²) in [6.45, 7) is 6.03. The van der Waals surface area contributed by atoms with Crippen LogP contribution in [0.15, 0.2) is 6.07 Å². The van der Waals surface area contributed by atoms with Gasteiger partial charge >= 0.3 is 0 Å². The maximum atomic E-state index is 10.7. The van der Waals surface area contributed by atoms with E-state index in [1.807, 2.05) is 13.8 Å². The zero-order valence-corrected chi connectivity index (χ0v) is 11.6. The Labute approximate surface area is 111 Å². The highest BCUT2D eigenvalue weighted by molar-refractivity contribution is 6.37. The number of carbonyl (C=O) groups is 1. The number of nitrogens with one attached hydrogen (secondary N) is 1. The number of ether oxygens (including phenoxy) is 1. The molecule has 1 aromatic carbocycles. The normalized spacial score (nSPS) is 10.2. The molecule has 0 spiro atoms. The quantitative estimate of drug-likeness (QED) is 0.858. The maximum absolute atomic E-state index is 10.7. The molecule has 1 rings (SSSR count). The van der Waals surface area contributed by atoms with Crippen molar-refractivity contribution in [1.82, 2.24) is 5.32 Å². The van der Waals surface area contributed by atoms with Crippen molar-refractivity contribution in [3.63, 3.8) is 0 Å². The minimum absolute atomic E-state index is 0.0804. The Morgan fingerprint density at radius 1 is 1.35 bits per heavy atom. The van der Waals surface area contributed by atoms with Crippen LogP contribution in [0.1, 0.15) is 18.1 Å². The molecule has 0 aliphatic rings. The monoisotopic (exact) mass is 275 g/mol. The number of rotatable bonds is 4. The summed E-state index contributed by atoms with van der Waals surface area (Å²) >= 11 is 12.2. The number of benzene rings is 1. The zero-order valence-electron chi connectivity index (χ0n) is 10.1. The molecule has 17 heavy (non-hydrogen) atoms. The van der Waals surface area contributed by atoms with Crippen LogP contribution in [-0.4, -0.2) is 19.1 Å². The Hall–Kier alpha value is -0.930. The van der Waals surface area contributed by atoms with Gasteiger partial charge < -0.3 is 10.1 Å². The van der Waals surface area contributed by atoms with Gasteiger partial charge in [-0.3, -0.25) is 4.79 Å². The van der Waals surface area contributed by atoms with Crippen LogP contribution in [0.2, 0.25) is 10.0 Å². The molecule has 0 radical (unpaired) electrons. The second-order valence-electron chi connectivity index (χ2n) is 3.78. The molecule has 0 heterocycles. The summed E-state index contributed by atoms with van der Waals surface area (Å²) in [4.78, 5) is 10.7. The van der Waals surface area contributed by atoms with E-state index in [2.05, 4.69) is 5.32 Å². The van der Waals surface area contributed by atoms with Crippen molar-refractivity contribution in [3.05, 3.63) is 27.2 Å². The molecule has 0 saturated carbocycles. The van der Waals surface area contributed by atoms with Gasteiger partial charge in [-0.25, -0.2) is 0 Å². The molecule has 1 amide bonds. The minimum atomic E-state index is -0.0804. The van der Waals surface area contributed by atoms with Crippen molar-refractivity contribution in [1.29, 1.82) is 0 Å². The number of halogens is 2. The van der Waals surface area contributed by atoms with Gasteiger partial charge in [0.1, 0.15) is 12.4 Å². The largest absolute Gasteiger partial charge is 0.490 e. The van der Waals surface area contributed by atoms with Gasteiger partial charge in [-0.2, -0.15) is 0 Å². The highest BCUT2D eigenvalue weighted by Gasteiger charge is 2.11. The molecular formula is C12H15Cl2NO2. The van der Waals surface area contributed by atoms with E-state index in [1.54, 1.807) is 6.07 Å². The van der Waals surface area contributed by atoms with Crippen molar-refractivity contribution in [2.24, 2.45) is 0 Å². The van der Waals surface area contributed by atoms with Crippen LogP contribution in [0.3, 0.4) is 0 Å². The molecule has 0 unspecified atom stereocenters. The van der Waals surface area contributed by atoms with E-state index in [0.29, 0.717) is 28.9 Å². The lowest BCUT2D eigenvalue weighted by molar-refractivity contribution is -0.119. The van der Waals surface area contributed by atoms with Crippen LogP contribution >= 0.6 is 23.2 Å². The summed E-state index contributed by atoms with van der Waals surface area (Å²) in [5.74, 6) is 0.514. The molecular weight excluding hydrogens is 261 g/mol. The lowest BCUT2D eigenvalue weighted by atomic mass is 10.1. The average Bonchev–Trinajstić information content (AvgIpc) is 2.27. The summed E-state index contributed by atoms with van der Waals surface area (Å²) in [5, 5.41) is 3.82. The van der Waals surface area contributed by atoms with Gasteiger partial charge in [0, 0.05) is 11.9 Å². The molecule has 3 nitrogen and oxygen atoms in total. The standard InChI is InChI=1S/C12H15Cl2NO2/c1-7-6-10(12(14)8(2)11(7)13)17-5-4-15-9(3)16/h6H,4-5H2,1-3H3,(H,15,16). The predicted molar refractivity (Wildman–Crippen MR) is 70.1 cm³/mol. The van der Waals surface area contributed by atoms with Gasteiger partial charge in [0.25, 0.3) is 0 Å². The Morgan fingerprint density at radius 3 is 2.59 bits per heavy atom. The summed E-state index contributed by atoms with van der Waals surface area (Å²) in [6.07, 6.45) is 0. The average molecular weight is 276 g/mol. The lowest BCUT2D eigenvalue weighted by Gasteiger charge is -2.12. The molecule has 0 atom stereocenters. The molecule has 94 valence electrons. The number of amides is 1. The van der Waals surface area contributed by atoms with Gasteiger partial charge in [0.2, 0.25) is 5.91 Å². The Balaban J connectivity index is 2.69. The van der Waals surface area contributed by atoms with E-state index >= 15 is 0 Å². The maximum Gasteiger partial charge on any atom is 0.216 e. The van der Waals surface area contributed by atoms with Crippen LogP contribution in [0.5, 0.6) is 5.75 Å². The molecule has 5 heteroatoms. The van der Waals surface area contributed by atoms with E-state index in [0.717, 1.165) is 11.1 Å². The second kappa shape index (κ2) is 6.12. The molecule has 0 saturated heterocycles. The SMILES string of the molecule is CC(=O)NCCOc1cc(C)c(Cl)c(C)c1Cl. The Bertz CT molecular complexity index is 433. The van der Waals surface area contributed by atoms with Crippen molar-refractivity contribution >= 4 is 29.1 Å². The highest BCUT2D eigenvalue weighted by atomic mass is 35.5. The molecule has 0 aliphatic carbocycles. The first kappa shape index (κ1) is 14.1. The summed E-state index contributed by atoms with van der Waals surface area (Å²) in [6, 6.07) is 1.80. The van der Waals surface area contributed by atoms with Crippen LogP contribution in [0.25, 0.3) is 0 Å². The van der Waals surface area contributed by atoms with Crippen molar-refractivity contribution in [2.75, 3.05) is 13.2 Å². The van der Waals surface area contributed by atoms with Gasteiger partial charge in [-0.05, 0) is 31.0 Å². The van der Waals surface area contributed by atoms with Crippen molar-refractivity contribution in [3.8, 4) is 5.75 Å². The van der Waals surface area contributed by atoms with Gasteiger partial charge in [0.05, 0.1) is 11.6 Å². The fourth-order valence-corrected chi connectivity index (χ4v) is 1.79. The Kier molecular flexibility index (Phi) is 5.09. The third-order valence-corrected chi connectivity index (χ3v) is 3.35. The first-order valence-electron chi connectivity index (χ1n) is 5.26. The molecule has 1 N–H and O–H groups in total. The number of aryl methyl sites for hydroxylation is 1. The van der Waals surface area contributed by atoms with E-state index in [4.69, 9.17) is 27.9 Å². The molecule has 0 bridgehead atoms. The molecule has 0 aromatic heterocycles. The minimum Gasteiger partial charge on any atom is -0.490 e. The van der Waals surface area contributed by atoms with E-state index in [1.165, 1.54) is 6.92 Å². The summed E-state index contributed by atoms with van der Waals surface area (Å²) in [5.41, 5.74) is 1.73. The van der Waals surface area contributed by atoms with E-state index in [-0.39, 0.29) is 5.91 Å². The molecule has 0 fully saturated rings. The third kappa shape index (κ3) is 3.79. The number of hydrogen-bond donors (Lipinski definition) is 1. The van der Waals surface area contributed by atoms with Gasteiger partial charge in [0.15, 0.2) is 0 Å². The smallest absolute Gasteiger partial charge is 0.216 e. The summed E-state index contributed by atoms with van der Waals surface area (Å²) in [7, 11) is 0. The summed E-state index contributed by atoms with van der Waals surface area (Å²) < 4.78 is 5.50. The fraction of sp³-hybridized carbons (Fsp3) is 0.417. The number of carbonyl (C=O) groups excluding carboxylic acids is 1. The Morgan fingerprint density at radius 2 is 2.00 bits per heavy atom. The van der Waals surface area contributed by atoms with Crippen LogP contribution in [-0.2, 0) is 4.79 Å². The third-order valence-electron chi connectivity index (χ3n) is 2.30. The predicted octanol–water partition coefficient (Wildman–Crippen LogP) is 3.13. The number of hydrogen-bond acceptors (Lipinski definition) is 2. The van der Waals surface area contributed by atoms with Crippen molar-refractivity contribution in [2.45, 2.75) is 20.8 Å². The van der Waals surface area contributed by atoms with Crippen LogP contribution in [0.4, 0.5) is 0 Å². The highest BCUT2D eigenvalue weighted by Crippen LogP contribution is 2.35. The van der Waals surface area contributed by atoms with Crippen LogP contribution < -0.4 is 10.1 Å². The fourth-order valence-electron chi connectivity index (χ4n) is 1.39. The van der Waals surface area contributed by atoms with Crippen molar-refractivity contribution < 1.29 is 9.53 Å². The second-order valence-corrected chi connectivity index (χ2v) is 4.53.